The molecule has 4 nitrogen and oxygen atoms in total. The van der Waals surface area contributed by atoms with Gasteiger partial charge in [0.2, 0.25) is 0 Å². The first-order chi connectivity index (χ1) is 11.5. The van der Waals surface area contributed by atoms with E-state index in [-0.39, 0.29) is 17.5 Å². The molecule has 1 amide bonds. The topological polar surface area (TPSA) is 56.1 Å². The van der Waals surface area contributed by atoms with Crippen molar-refractivity contribution in [2.24, 2.45) is 0 Å². The number of hydrogen-bond donors (Lipinski definition) is 1. The van der Waals surface area contributed by atoms with Crippen molar-refractivity contribution in [2.45, 2.75) is 57.9 Å². The van der Waals surface area contributed by atoms with E-state index in [4.69, 9.17) is 0 Å². The molecule has 4 heteroatoms. The quantitative estimate of drug-likeness (QED) is 0.644. The van der Waals surface area contributed by atoms with Gasteiger partial charge in [0.05, 0.1) is 0 Å². The van der Waals surface area contributed by atoms with Crippen LogP contribution in [-0.4, -0.2) is 23.9 Å². The summed E-state index contributed by atoms with van der Waals surface area (Å²) in [5.41, 5.74) is 2.26. The molecule has 0 spiro atoms. The lowest BCUT2D eigenvalue weighted by atomic mass is 9.94. The molecule has 2 rings (SSSR count). The highest BCUT2D eigenvalue weighted by atomic mass is 16.2. The van der Waals surface area contributed by atoms with Crippen molar-refractivity contribution in [1.29, 1.82) is 5.26 Å². The summed E-state index contributed by atoms with van der Waals surface area (Å²) in [5.74, 6) is 0.173. The van der Waals surface area contributed by atoms with E-state index in [0.29, 0.717) is 5.92 Å². The van der Waals surface area contributed by atoms with Gasteiger partial charge in [-0.2, -0.15) is 5.26 Å². The predicted octanol–water partition coefficient (Wildman–Crippen LogP) is 4.42. The lowest BCUT2D eigenvalue weighted by Gasteiger charge is -2.31. The highest BCUT2D eigenvalue weighted by molar-refractivity contribution is 5.97. The first-order valence-electron chi connectivity index (χ1n) is 8.77. The van der Waals surface area contributed by atoms with E-state index in [1.165, 1.54) is 12.0 Å². The monoisotopic (exact) mass is 325 g/mol. The number of benzene rings is 1. The van der Waals surface area contributed by atoms with Gasteiger partial charge in [-0.3, -0.25) is 4.79 Å². The van der Waals surface area contributed by atoms with Crippen LogP contribution in [0.2, 0.25) is 0 Å². The zero-order valence-electron chi connectivity index (χ0n) is 14.9. The Bertz CT molecular complexity index is 637. The van der Waals surface area contributed by atoms with E-state index in [1.807, 2.05) is 31.3 Å². The molecule has 0 unspecified atom stereocenters. The maximum Gasteiger partial charge on any atom is 0.266 e. The van der Waals surface area contributed by atoms with Gasteiger partial charge in [0.15, 0.2) is 0 Å². The minimum absolute atomic E-state index is 0.154. The minimum atomic E-state index is -0.195. The van der Waals surface area contributed by atoms with E-state index in [1.54, 1.807) is 11.1 Å². The van der Waals surface area contributed by atoms with Gasteiger partial charge in [0.25, 0.3) is 5.91 Å². The van der Waals surface area contributed by atoms with Crippen molar-refractivity contribution >= 4 is 11.6 Å². The number of carbonyl (C=O) groups is 1. The number of para-hydroxylation sites is 1. The Kier molecular flexibility index (Phi) is 6.43. The molecule has 0 bridgehead atoms. The summed E-state index contributed by atoms with van der Waals surface area (Å²) in [6.45, 7) is 4.24. The van der Waals surface area contributed by atoms with Gasteiger partial charge in [0.1, 0.15) is 11.6 Å². The van der Waals surface area contributed by atoms with Crippen molar-refractivity contribution in [2.75, 3.05) is 12.4 Å². The SMILES string of the molecule is CC(C)c1ccccc1N/C=C(/C#N)C(=O)N(C)C1CCCCC1. The summed E-state index contributed by atoms with van der Waals surface area (Å²) in [6, 6.07) is 10.3. The van der Waals surface area contributed by atoms with Crippen LogP contribution in [0.15, 0.2) is 36.0 Å². The van der Waals surface area contributed by atoms with Crippen LogP contribution in [0, 0.1) is 11.3 Å². The van der Waals surface area contributed by atoms with E-state index in [2.05, 4.69) is 25.2 Å². The Labute approximate surface area is 145 Å². The molecule has 1 N–H and O–H groups in total. The molecule has 1 aromatic rings. The molecule has 0 aromatic heterocycles. The predicted molar refractivity (Wildman–Crippen MR) is 97.5 cm³/mol. The molecule has 128 valence electrons. The largest absolute Gasteiger partial charge is 0.360 e. The standard InChI is InChI=1S/C20H27N3O/c1-15(2)18-11-7-8-12-19(18)22-14-16(13-21)20(24)23(3)17-9-5-4-6-10-17/h7-8,11-12,14-15,17,22H,4-6,9-10H2,1-3H3/b16-14-. The summed E-state index contributed by atoms with van der Waals surface area (Å²) < 4.78 is 0. The summed E-state index contributed by atoms with van der Waals surface area (Å²) >= 11 is 0. The van der Waals surface area contributed by atoms with Crippen LogP contribution < -0.4 is 5.32 Å². The van der Waals surface area contributed by atoms with Gasteiger partial charge in [-0.25, -0.2) is 0 Å². The fraction of sp³-hybridized carbons (Fsp3) is 0.500. The second-order valence-electron chi connectivity index (χ2n) is 6.76. The Morgan fingerprint density at radius 3 is 2.58 bits per heavy atom. The van der Waals surface area contributed by atoms with Crippen LogP contribution in [0.1, 0.15) is 57.4 Å². The number of likely N-dealkylation sites (N-methyl/N-ethyl adjacent to an activating group) is 1. The molecule has 0 heterocycles. The number of nitrogens with one attached hydrogen (secondary N) is 1. The number of amides is 1. The maximum absolute atomic E-state index is 12.6. The van der Waals surface area contributed by atoms with Crippen molar-refractivity contribution in [3.05, 3.63) is 41.6 Å². The second-order valence-corrected chi connectivity index (χ2v) is 6.76. The first kappa shape index (κ1) is 18.1. The molecule has 0 radical (unpaired) electrons. The van der Waals surface area contributed by atoms with Crippen molar-refractivity contribution in [1.82, 2.24) is 4.90 Å². The van der Waals surface area contributed by atoms with Crippen LogP contribution >= 0.6 is 0 Å². The minimum Gasteiger partial charge on any atom is -0.360 e. The van der Waals surface area contributed by atoms with Gasteiger partial charge in [-0.1, -0.05) is 51.3 Å². The second kappa shape index (κ2) is 8.54. The Morgan fingerprint density at radius 1 is 1.29 bits per heavy atom. The van der Waals surface area contributed by atoms with Crippen LogP contribution in [0.3, 0.4) is 0 Å². The number of anilines is 1. The third kappa shape index (κ3) is 4.38. The molecule has 0 atom stereocenters. The van der Waals surface area contributed by atoms with E-state index in [9.17, 15) is 10.1 Å². The first-order valence-corrected chi connectivity index (χ1v) is 8.77. The lowest BCUT2D eigenvalue weighted by molar-refractivity contribution is -0.128. The summed E-state index contributed by atoms with van der Waals surface area (Å²) in [5, 5.41) is 12.5. The van der Waals surface area contributed by atoms with Gasteiger partial charge in [-0.05, 0) is 30.4 Å². The zero-order valence-corrected chi connectivity index (χ0v) is 14.9. The van der Waals surface area contributed by atoms with Crippen LogP contribution in [0.4, 0.5) is 5.69 Å². The van der Waals surface area contributed by atoms with Crippen LogP contribution in [0.25, 0.3) is 0 Å². The van der Waals surface area contributed by atoms with Crippen molar-refractivity contribution in [3.63, 3.8) is 0 Å². The highest BCUT2D eigenvalue weighted by Crippen LogP contribution is 2.25. The normalized spacial score (nSPS) is 15.9. The van der Waals surface area contributed by atoms with Gasteiger partial charge >= 0.3 is 0 Å². The molecular formula is C20H27N3O. The third-order valence-corrected chi connectivity index (χ3v) is 4.75. The number of nitriles is 1. The number of rotatable bonds is 5. The molecule has 0 aliphatic heterocycles. The smallest absolute Gasteiger partial charge is 0.266 e. The lowest BCUT2D eigenvalue weighted by Crippen LogP contribution is -2.39. The van der Waals surface area contributed by atoms with E-state index >= 15 is 0 Å². The summed E-state index contributed by atoms with van der Waals surface area (Å²) in [7, 11) is 1.81. The van der Waals surface area contributed by atoms with E-state index in [0.717, 1.165) is 31.4 Å². The average Bonchev–Trinajstić information content (AvgIpc) is 2.62. The maximum atomic E-state index is 12.6. The highest BCUT2D eigenvalue weighted by Gasteiger charge is 2.24. The Morgan fingerprint density at radius 2 is 1.96 bits per heavy atom. The Balaban J connectivity index is 2.11. The van der Waals surface area contributed by atoms with Gasteiger partial charge in [-0.15, -0.1) is 0 Å². The fourth-order valence-electron chi connectivity index (χ4n) is 3.25. The Hall–Kier alpha value is -2.28. The summed E-state index contributed by atoms with van der Waals surface area (Å²) in [4.78, 5) is 14.3. The molecule has 1 fully saturated rings. The van der Waals surface area contributed by atoms with Gasteiger partial charge < -0.3 is 10.2 Å². The van der Waals surface area contributed by atoms with E-state index < -0.39 is 0 Å². The average molecular weight is 325 g/mol. The molecule has 1 aliphatic rings. The van der Waals surface area contributed by atoms with Crippen molar-refractivity contribution < 1.29 is 4.79 Å². The summed E-state index contributed by atoms with van der Waals surface area (Å²) in [6.07, 6.45) is 7.17. The van der Waals surface area contributed by atoms with Crippen LogP contribution in [0.5, 0.6) is 0 Å². The molecular weight excluding hydrogens is 298 g/mol. The molecule has 1 aromatic carbocycles. The van der Waals surface area contributed by atoms with Crippen molar-refractivity contribution in [3.8, 4) is 6.07 Å². The molecule has 1 aliphatic carbocycles. The molecule has 24 heavy (non-hydrogen) atoms. The molecule has 1 saturated carbocycles. The van der Waals surface area contributed by atoms with Crippen LogP contribution in [-0.2, 0) is 4.79 Å². The third-order valence-electron chi connectivity index (χ3n) is 4.75. The number of nitrogens with zero attached hydrogens (tertiary/aromatic N) is 2. The fourth-order valence-corrected chi connectivity index (χ4v) is 3.25. The number of hydrogen-bond acceptors (Lipinski definition) is 3. The van der Waals surface area contributed by atoms with Gasteiger partial charge in [0, 0.05) is 25.0 Å². The number of carbonyl (C=O) groups excluding carboxylic acids is 1. The molecule has 0 saturated heterocycles. The zero-order chi connectivity index (χ0) is 17.5.